The third-order valence-electron chi connectivity index (χ3n) is 7.49. The normalized spacial score (nSPS) is 15.0. The van der Waals surface area contributed by atoms with Crippen LogP contribution in [0.4, 0.5) is 16.6 Å². The fourth-order valence-electron chi connectivity index (χ4n) is 5.17. The lowest BCUT2D eigenvalue weighted by atomic mass is 10.2. The molecule has 3 N–H and O–H groups in total. The van der Waals surface area contributed by atoms with Gasteiger partial charge in [0.05, 0.1) is 47.7 Å². The lowest BCUT2D eigenvalue weighted by Crippen LogP contribution is -2.22. The van der Waals surface area contributed by atoms with E-state index in [-0.39, 0.29) is 6.17 Å². The molecule has 0 saturated heterocycles. The van der Waals surface area contributed by atoms with Crippen LogP contribution in [-0.2, 0) is 13.6 Å². The van der Waals surface area contributed by atoms with Gasteiger partial charge in [-0.05, 0) is 29.3 Å². The average Bonchev–Trinajstić information content (AvgIpc) is 3.87. The molecule has 1 atom stereocenters. The molecule has 45 heavy (non-hydrogen) atoms. The molecule has 1 aliphatic rings. The van der Waals surface area contributed by atoms with E-state index in [0.29, 0.717) is 29.7 Å². The van der Waals surface area contributed by atoms with E-state index in [1.807, 2.05) is 70.1 Å². The molecule has 14 nitrogen and oxygen atoms in total. The van der Waals surface area contributed by atoms with Gasteiger partial charge in [0.25, 0.3) is 0 Å². The van der Waals surface area contributed by atoms with E-state index < -0.39 is 0 Å². The second-order valence-corrected chi connectivity index (χ2v) is 12.7. The molecule has 16 heteroatoms. The highest BCUT2D eigenvalue weighted by molar-refractivity contribution is 8.12. The van der Waals surface area contributed by atoms with Crippen LogP contribution in [0.15, 0.2) is 78.4 Å². The maximum Gasteiger partial charge on any atom is 0.181 e. The number of amidine groups is 1. The minimum atomic E-state index is 0.0678. The highest BCUT2D eigenvalue weighted by atomic mass is 32.2. The van der Waals surface area contributed by atoms with E-state index in [4.69, 9.17) is 4.99 Å². The standard InChI is InChI=1S/C29H28N14S2/c1-17(2)23-37-29(45-39-23)38-25-27-33-13-22(43(27)8-6-31-25)20-11-35-41(16-20)15-18-4-9-44-28(18)36-24-26-32-12-21(42(26)7-5-30-24)19-10-34-40(3)14-19/h4-14,16-17,23,39H,15H2,1-3H3,(H,30,36)(H,31,37,38). The van der Waals surface area contributed by atoms with Gasteiger partial charge in [0, 0.05) is 60.9 Å². The summed E-state index contributed by atoms with van der Waals surface area (Å²) in [5.41, 5.74) is 6.36. The Morgan fingerprint density at radius 3 is 2.22 bits per heavy atom. The number of fused-ring (bicyclic) bond motifs is 2. The van der Waals surface area contributed by atoms with Gasteiger partial charge in [-0.3, -0.25) is 18.2 Å². The van der Waals surface area contributed by atoms with Gasteiger partial charge in [-0.2, -0.15) is 10.2 Å². The summed E-state index contributed by atoms with van der Waals surface area (Å²) in [5.74, 6) is 1.72. The number of nitrogens with zero attached hydrogens (tertiary/aromatic N) is 11. The summed E-state index contributed by atoms with van der Waals surface area (Å²) >= 11 is 3.09. The molecule has 226 valence electrons. The van der Waals surface area contributed by atoms with Gasteiger partial charge in [0.1, 0.15) is 6.17 Å². The monoisotopic (exact) mass is 636 g/mol. The number of thiophene rings is 1. The molecule has 8 rings (SSSR count). The predicted octanol–water partition coefficient (Wildman–Crippen LogP) is 4.89. The number of rotatable bonds is 8. The van der Waals surface area contributed by atoms with Crippen LogP contribution in [0.1, 0.15) is 19.4 Å². The van der Waals surface area contributed by atoms with Crippen molar-refractivity contribution in [1.29, 1.82) is 0 Å². The van der Waals surface area contributed by atoms with Crippen molar-refractivity contribution < 1.29 is 0 Å². The van der Waals surface area contributed by atoms with E-state index in [1.165, 1.54) is 11.9 Å². The van der Waals surface area contributed by atoms with Crippen molar-refractivity contribution in [2.45, 2.75) is 26.6 Å². The minimum Gasteiger partial charge on any atom is -0.329 e. The van der Waals surface area contributed by atoms with Gasteiger partial charge in [0.2, 0.25) is 0 Å². The second kappa shape index (κ2) is 11.1. The molecular formula is C29H28N14S2. The molecule has 7 aromatic rings. The molecule has 1 aliphatic heterocycles. The Balaban J connectivity index is 1.02. The first kappa shape index (κ1) is 27.5. The summed E-state index contributed by atoms with van der Waals surface area (Å²) in [6.45, 7) is 4.86. The first-order chi connectivity index (χ1) is 22.0. The number of hydrogen-bond donors (Lipinski definition) is 3. The number of aryl methyl sites for hydroxylation is 1. The Morgan fingerprint density at radius 2 is 1.56 bits per heavy atom. The first-order valence-electron chi connectivity index (χ1n) is 14.3. The molecule has 0 aromatic carbocycles. The van der Waals surface area contributed by atoms with E-state index >= 15 is 0 Å². The number of imidazole rings is 2. The maximum atomic E-state index is 4.71. The zero-order valence-electron chi connectivity index (χ0n) is 24.5. The smallest absolute Gasteiger partial charge is 0.181 e. The molecule has 7 aromatic heterocycles. The van der Waals surface area contributed by atoms with Crippen LogP contribution in [0.5, 0.6) is 0 Å². The minimum absolute atomic E-state index is 0.0678. The van der Waals surface area contributed by atoms with Crippen molar-refractivity contribution >= 4 is 56.4 Å². The van der Waals surface area contributed by atoms with E-state index in [2.05, 4.69) is 70.8 Å². The van der Waals surface area contributed by atoms with Gasteiger partial charge in [-0.25, -0.2) is 29.7 Å². The van der Waals surface area contributed by atoms with Gasteiger partial charge in [-0.1, -0.05) is 13.8 Å². The molecule has 0 fully saturated rings. The van der Waals surface area contributed by atoms with E-state index in [9.17, 15) is 0 Å². The van der Waals surface area contributed by atoms with Crippen LogP contribution >= 0.6 is 23.3 Å². The Morgan fingerprint density at radius 1 is 0.867 bits per heavy atom. The zero-order valence-corrected chi connectivity index (χ0v) is 26.2. The summed E-state index contributed by atoms with van der Waals surface area (Å²) < 4.78 is 11.1. The first-order valence-corrected chi connectivity index (χ1v) is 16.0. The number of aliphatic imine (C=N–C) groups is 1. The molecule has 0 spiro atoms. The molecule has 8 heterocycles. The summed E-state index contributed by atoms with van der Waals surface area (Å²) in [7, 11) is 1.90. The van der Waals surface area contributed by atoms with Crippen LogP contribution in [0, 0.1) is 5.92 Å². The molecular weight excluding hydrogens is 609 g/mol. The molecule has 0 saturated carbocycles. The third-order valence-corrected chi connectivity index (χ3v) is 9.12. The lowest BCUT2D eigenvalue weighted by molar-refractivity contribution is 0.492. The van der Waals surface area contributed by atoms with Crippen LogP contribution in [-0.4, -0.2) is 59.6 Å². The highest BCUT2D eigenvalue weighted by Gasteiger charge is 2.22. The lowest BCUT2D eigenvalue weighted by Gasteiger charge is -2.09. The third kappa shape index (κ3) is 5.11. The molecule has 0 amide bonds. The summed E-state index contributed by atoms with van der Waals surface area (Å²) in [6.07, 6.45) is 18.8. The molecule has 1 unspecified atom stereocenters. The molecule has 0 radical (unpaired) electrons. The maximum absolute atomic E-state index is 4.71. The van der Waals surface area contributed by atoms with Crippen molar-refractivity contribution in [2.75, 3.05) is 10.6 Å². The Hall–Kier alpha value is -5.06. The number of nitrogens with one attached hydrogen (secondary N) is 3. The summed E-state index contributed by atoms with van der Waals surface area (Å²) in [4.78, 5) is 23.2. The summed E-state index contributed by atoms with van der Waals surface area (Å²) in [5, 5.41) is 19.6. The van der Waals surface area contributed by atoms with E-state index in [0.717, 1.165) is 43.9 Å². The zero-order chi connectivity index (χ0) is 30.5. The highest BCUT2D eigenvalue weighted by Crippen LogP contribution is 2.31. The number of aromatic nitrogens is 10. The quantitative estimate of drug-likeness (QED) is 0.197. The second-order valence-electron chi connectivity index (χ2n) is 10.9. The van der Waals surface area contributed by atoms with Crippen molar-refractivity contribution in [3.05, 3.63) is 79.0 Å². The largest absolute Gasteiger partial charge is 0.329 e. The average molecular weight is 637 g/mol. The summed E-state index contributed by atoms with van der Waals surface area (Å²) in [6, 6.07) is 2.10. The van der Waals surface area contributed by atoms with Crippen molar-refractivity contribution in [3.8, 4) is 22.5 Å². The topological polar surface area (TPSA) is 144 Å². The number of anilines is 3. The Bertz CT molecular complexity index is 2180. The van der Waals surface area contributed by atoms with Gasteiger partial charge >= 0.3 is 0 Å². The fraction of sp³-hybridized carbons (Fsp3) is 0.207. The van der Waals surface area contributed by atoms with Crippen LogP contribution in [0.25, 0.3) is 33.8 Å². The van der Waals surface area contributed by atoms with Gasteiger partial charge in [0.15, 0.2) is 28.1 Å². The Kier molecular flexibility index (Phi) is 6.80. The Labute approximate surface area is 265 Å². The van der Waals surface area contributed by atoms with Crippen molar-refractivity contribution in [3.63, 3.8) is 0 Å². The molecule has 0 bridgehead atoms. The van der Waals surface area contributed by atoms with Crippen LogP contribution in [0.2, 0.25) is 0 Å². The fourth-order valence-corrected chi connectivity index (χ4v) is 6.85. The molecule has 0 aliphatic carbocycles. The predicted molar refractivity (Wildman–Crippen MR) is 177 cm³/mol. The van der Waals surface area contributed by atoms with Gasteiger partial charge in [-0.15, -0.1) is 11.3 Å². The van der Waals surface area contributed by atoms with Crippen LogP contribution in [0.3, 0.4) is 0 Å². The van der Waals surface area contributed by atoms with Crippen molar-refractivity contribution in [2.24, 2.45) is 18.0 Å². The number of hydrogen-bond acceptors (Lipinski definition) is 12. The van der Waals surface area contributed by atoms with Crippen LogP contribution < -0.4 is 15.4 Å². The van der Waals surface area contributed by atoms with Crippen molar-refractivity contribution in [1.82, 2.24) is 53.0 Å². The SMILES string of the molecule is CC(C)C1N=C(Nc2nccn3c(-c4cnn(Cc5ccsc5Nc5nccn6c(-c7cnn(C)c7)cnc56)c4)cnc23)SN1. The van der Waals surface area contributed by atoms with E-state index in [1.54, 1.807) is 28.4 Å². The van der Waals surface area contributed by atoms with Gasteiger partial charge < -0.3 is 10.6 Å².